The lowest BCUT2D eigenvalue weighted by Crippen LogP contribution is -2.43. The third-order valence-corrected chi connectivity index (χ3v) is 6.94. The third kappa shape index (κ3) is 21.0. The molecule has 2 rings (SSSR count). The second-order valence-electron chi connectivity index (χ2n) is 11.6. The zero-order valence-corrected chi connectivity index (χ0v) is 31.0. The minimum absolute atomic E-state index is 0.0216. The number of nitrogens with zero attached hydrogens (tertiary/aromatic N) is 2. The largest absolute Gasteiger partial charge is 0.747 e. The molecule has 0 bridgehead atoms. The van der Waals surface area contributed by atoms with Crippen LogP contribution in [-0.4, -0.2) is 88.2 Å². The van der Waals surface area contributed by atoms with E-state index in [1.54, 1.807) is 34.8 Å². The highest BCUT2D eigenvalue weighted by Crippen LogP contribution is 2.20. The fraction of sp³-hybridized carbons (Fsp3) is 0.690. The van der Waals surface area contributed by atoms with Crippen molar-refractivity contribution in [3.05, 3.63) is 0 Å². The summed E-state index contributed by atoms with van der Waals surface area (Å²) >= 11 is 4.97. The Balaban J connectivity index is -0.000000583. The quantitative estimate of drug-likeness (QED) is 0.120. The summed E-state index contributed by atoms with van der Waals surface area (Å²) in [5.74, 6) is -5.15. The van der Waals surface area contributed by atoms with Gasteiger partial charge in [0, 0.05) is 24.7 Å². The van der Waals surface area contributed by atoms with Crippen molar-refractivity contribution in [2.24, 2.45) is 29.6 Å². The van der Waals surface area contributed by atoms with Crippen molar-refractivity contribution < 1.29 is 75.5 Å². The van der Waals surface area contributed by atoms with E-state index < -0.39 is 75.2 Å². The van der Waals surface area contributed by atoms with Crippen LogP contribution in [0.25, 0.3) is 0 Å². The molecule has 2 saturated heterocycles. The lowest BCUT2D eigenvalue weighted by Gasteiger charge is -2.16. The van der Waals surface area contributed by atoms with Crippen LogP contribution in [0.4, 0.5) is 4.39 Å². The zero-order valence-electron chi connectivity index (χ0n) is 29.4. The Morgan fingerprint density at radius 1 is 0.755 bits per heavy atom. The fourth-order valence-corrected chi connectivity index (χ4v) is 2.88. The monoisotopic (exact) mass is 747 g/mol. The summed E-state index contributed by atoms with van der Waals surface area (Å²) < 4.78 is 47.9. The predicted molar refractivity (Wildman–Crippen MR) is 168 cm³/mol. The summed E-state index contributed by atoms with van der Waals surface area (Å²) in [6.45, 7) is 16.7. The predicted octanol–water partition coefficient (Wildman–Crippen LogP) is 1.02. The van der Waals surface area contributed by atoms with Crippen LogP contribution in [0.15, 0.2) is 0 Å². The number of halogens is 2. The van der Waals surface area contributed by atoms with Gasteiger partial charge in [-0.2, -0.15) is 4.39 Å². The molecule has 0 aliphatic carbocycles. The van der Waals surface area contributed by atoms with Gasteiger partial charge in [0.05, 0.1) is 31.3 Å². The number of nitrogens with two attached hydrogens (primary N) is 1. The SMILES string of the molecule is CC(C)C(=O)Cl.CC(C)C(=O)F.CC(C)C(=O)ON1C(=O)CC(S(=O)(=O)[O-])C1=O.CC(C)C(=O)ON1C(=O)CCC1=O.COC(=[NH2+])C(C)C. The van der Waals surface area contributed by atoms with Crippen molar-refractivity contribution in [2.75, 3.05) is 7.11 Å². The van der Waals surface area contributed by atoms with E-state index in [0.29, 0.717) is 16.9 Å². The van der Waals surface area contributed by atoms with Gasteiger partial charge in [-0.05, 0) is 25.4 Å². The summed E-state index contributed by atoms with van der Waals surface area (Å²) in [4.78, 5) is 95.1. The number of carbonyl (C=O) groups excluding carboxylic acids is 8. The molecule has 4 amide bonds. The molecule has 2 heterocycles. The summed E-state index contributed by atoms with van der Waals surface area (Å²) in [7, 11) is -3.35. The van der Waals surface area contributed by atoms with E-state index >= 15 is 0 Å². The second-order valence-corrected chi connectivity index (χ2v) is 13.5. The molecular weight excluding hydrogens is 701 g/mol. The topological polar surface area (TPSA) is 254 Å². The molecule has 0 radical (unpaired) electrons. The summed E-state index contributed by atoms with van der Waals surface area (Å²) in [5.41, 5.74) is 0. The summed E-state index contributed by atoms with van der Waals surface area (Å²) in [6, 6.07) is -1.24. The van der Waals surface area contributed by atoms with Gasteiger partial charge in [0.2, 0.25) is 5.24 Å². The maximum atomic E-state index is 11.4. The molecule has 1 atom stereocenters. The highest BCUT2D eigenvalue weighted by atomic mass is 35.5. The molecule has 2 aliphatic rings. The zero-order chi connectivity index (χ0) is 39.6. The van der Waals surface area contributed by atoms with Crippen molar-refractivity contribution in [3.8, 4) is 0 Å². The lowest BCUT2D eigenvalue weighted by molar-refractivity contribution is -0.199. The average Bonchev–Trinajstić information content (AvgIpc) is 3.45. The molecule has 2 N–H and O–H groups in total. The number of rotatable bonds is 8. The normalized spacial score (nSPS) is 15.4. The van der Waals surface area contributed by atoms with Crippen LogP contribution in [-0.2, 0) is 62.9 Å². The van der Waals surface area contributed by atoms with Gasteiger partial charge in [0.1, 0.15) is 15.4 Å². The molecule has 0 spiro atoms. The number of hydroxylamine groups is 4. The minimum Gasteiger partial charge on any atom is -0.747 e. The van der Waals surface area contributed by atoms with Gasteiger partial charge < -0.3 is 19.0 Å². The van der Waals surface area contributed by atoms with E-state index in [1.807, 2.05) is 13.8 Å². The van der Waals surface area contributed by atoms with Gasteiger partial charge in [0.15, 0.2) is 0 Å². The van der Waals surface area contributed by atoms with Crippen molar-refractivity contribution in [1.29, 1.82) is 0 Å². The van der Waals surface area contributed by atoms with Gasteiger partial charge in [0.25, 0.3) is 23.6 Å². The Morgan fingerprint density at radius 2 is 1.10 bits per heavy atom. The van der Waals surface area contributed by atoms with Crippen LogP contribution < -0.4 is 5.41 Å². The minimum atomic E-state index is -4.93. The molecule has 0 aromatic heterocycles. The molecule has 17 nitrogen and oxygen atoms in total. The Labute approximate surface area is 290 Å². The van der Waals surface area contributed by atoms with E-state index in [9.17, 15) is 55.7 Å². The van der Waals surface area contributed by atoms with E-state index in [0.717, 1.165) is 0 Å². The van der Waals surface area contributed by atoms with Gasteiger partial charge in [-0.15, -0.1) is 10.1 Å². The molecule has 282 valence electrons. The Kier molecular flexibility index (Phi) is 23.8. The van der Waals surface area contributed by atoms with E-state index in [4.69, 9.17) is 21.7 Å². The first-order valence-corrected chi connectivity index (χ1v) is 16.6. The van der Waals surface area contributed by atoms with E-state index in [2.05, 4.69) is 9.68 Å². The number of hydrogen-bond acceptors (Lipinski definition) is 14. The number of hydrogen-bond donors (Lipinski definition) is 1. The maximum absolute atomic E-state index is 11.4. The average molecular weight is 748 g/mol. The Bertz CT molecular complexity index is 1280. The number of carbonyl (C=O) groups is 8. The van der Waals surface area contributed by atoms with Crippen LogP contribution in [0.1, 0.15) is 88.5 Å². The van der Waals surface area contributed by atoms with Crippen LogP contribution >= 0.6 is 11.6 Å². The smallest absolute Gasteiger partial charge is 0.335 e. The number of methoxy groups -OCH3 is 1. The van der Waals surface area contributed by atoms with E-state index in [-0.39, 0.29) is 35.0 Å². The molecule has 2 aliphatic heterocycles. The highest BCUT2D eigenvalue weighted by Gasteiger charge is 2.45. The van der Waals surface area contributed by atoms with Crippen molar-refractivity contribution in [1.82, 2.24) is 10.1 Å². The first-order chi connectivity index (χ1) is 22.1. The highest BCUT2D eigenvalue weighted by molar-refractivity contribution is 7.87. The number of imide groups is 2. The molecule has 0 saturated carbocycles. The van der Waals surface area contributed by atoms with Gasteiger partial charge in [-0.1, -0.05) is 55.4 Å². The summed E-state index contributed by atoms with van der Waals surface area (Å²) in [5, 5.41) is 3.64. The fourth-order valence-electron chi connectivity index (χ4n) is 2.19. The third-order valence-electron chi connectivity index (χ3n) is 5.43. The van der Waals surface area contributed by atoms with Crippen molar-refractivity contribution in [3.63, 3.8) is 0 Å². The first kappa shape index (κ1) is 49.5. The van der Waals surface area contributed by atoms with Gasteiger partial charge >= 0.3 is 23.9 Å². The summed E-state index contributed by atoms with van der Waals surface area (Å²) in [6.07, 6.45) is -0.537. The van der Waals surface area contributed by atoms with Gasteiger partial charge in [-0.25, -0.2) is 23.4 Å². The van der Waals surface area contributed by atoms with Crippen molar-refractivity contribution in [2.45, 2.75) is 93.7 Å². The standard InChI is InChI=1S/C8H11NO7S.C8H11NO4.C5H11NO.C4H7ClO.C4H7FO/c1-4(2)8(12)16-9-6(10)3-5(7(9)11)17(13,14)15;1-5(2)8(12)13-9-6(10)3-4-7(9)11;1-4(2)5(6)7-3;2*1-3(2)4(5)6/h4-5H,3H2,1-2H3,(H,13,14,15);5H,3-4H2,1-2H3;4,6H,1-3H3;2*3H,1-2H3. The van der Waals surface area contributed by atoms with Crippen LogP contribution in [0.3, 0.4) is 0 Å². The Hall–Kier alpha value is -3.84. The van der Waals surface area contributed by atoms with Gasteiger partial charge in [-0.3, -0.25) is 28.8 Å². The van der Waals surface area contributed by atoms with Crippen molar-refractivity contribution >= 4 is 74.5 Å². The second kappa shape index (κ2) is 23.5. The van der Waals surface area contributed by atoms with E-state index in [1.165, 1.54) is 27.7 Å². The molecule has 0 aromatic rings. The number of ether oxygens (including phenoxy) is 1. The molecule has 20 heteroatoms. The number of amides is 4. The first-order valence-electron chi connectivity index (χ1n) is 14.8. The van der Waals surface area contributed by atoms with Crippen LogP contribution in [0, 0.1) is 29.6 Å². The van der Waals surface area contributed by atoms with Crippen LogP contribution in [0.2, 0.25) is 0 Å². The molecule has 1 unspecified atom stereocenters. The molecular formula is C29H47ClFN3O14S. The molecule has 49 heavy (non-hydrogen) atoms. The molecule has 2 fully saturated rings. The Morgan fingerprint density at radius 3 is 1.31 bits per heavy atom. The van der Waals surface area contributed by atoms with Crippen LogP contribution in [0.5, 0.6) is 0 Å². The molecule has 0 aromatic carbocycles. The lowest BCUT2D eigenvalue weighted by atomic mass is 10.2. The maximum Gasteiger partial charge on any atom is 0.335 e.